The maximum absolute atomic E-state index is 13.5. The van der Waals surface area contributed by atoms with E-state index in [1.54, 1.807) is 24.3 Å². The van der Waals surface area contributed by atoms with Crippen LogP contribution in [0.3, 0.4) is 0 Å². The molecular formula is C17H13Cl2F3I2N-. The molecule has 2 aromatic rings. The number of alkyl halides is 3. The Labute approximate surface area is 174 Å². The van der Waals surface area contributed by atoms with Crippen molar-refractivity contribution in [3.05, 3.63) is 72.8 Å². The Morgan fingerprint density at radius 2 is 1.84 bits per heavy atom. The monoisotopic (exact) mass is 612 g/mol. The molecule has 1 atom stereocenters. The zero-order chi connectivity index (χ0) is 18.6. The summed E-state index contributed by atoms with van der Waals surface area (Å²) in [5.74, 6) is -1.71. The van der Waals surface area contributed by atoms with E-state index in [9.17, 15) is 13.2 Å². The van der Waals surface area contributed by atoms with E-state index < -0.39 is 29.3 Å². The summed E-state index contributed by atoms with van der Waals surface area (Å²) < 4.78 is 41.4. The van der Waals surface area contributed by atoms with Crippen LogP contribution in [0.25, 0.3) is 6.08 Å². The van der Waals surface area contributed by atoms with Crippen molar-refractivity contribution in [3.63, 3.8) is 0 Å². The molecule has 2 aromatic carbocycles. The van der Waals surface area contributed by atoms with Crippen LogP contribution in [0.15, 0.2) is 42.5 Å². The third-order valence-corrected chi connectivity index (χ3v) is 8.79. The van der Waals surface area contributed by atoms with Gasteiger partial charge in [0.25, 0.3) is 0 Å². The number of benzene rings is 2. The summed E-state index contributed by atoms with van der Waals surface area (Å²) in [5.41, 5.74) is 7.06. The molecule has 0 fully saturated rings. The molecule has 2 N–H and O–H groups in total. The normalized spacial score (nSPS) is 13.6. The topological polar surface area (TPSA) is 26.0 Å². The fraction of sp³-hybridized carbons (Fsp3) is 0.176. The Balaban J connectivity index is 2.37. The van der Waals surface area contributed by atoms with Gasteiger partial charge in [0.15, 0.2) is 0 Å². The molecule has 1 unspecified atom stereocenters. The van der Waals surface area contributed by atoms with E-state index >= 15 is 0 Å². The van der Waals surface area contributed by atoms with Crippen LogP contribution in [0, 0.1) is 3.57 Å². The number of hydrogen-bond acceptors (Lipinski definition) is 1. The van der Waals surface area contributed by atoms with Gasteiger partial charge in [-0.15, -0.1) is 0 Å². The molecule has 0 aliphatic carbocycles. The fourth-order valence-corrected chi connectivity index (χ4v) is 6.76. The molecule has 25 heavy (non-hydrogen) atoms. The molecule has 8 heteroatoms. The van der Waals surface area contributed by atoms with Gasteiger partial charge in [-0.05, 0) is 0 Å². The summed E-state index contributed by atoms with van der Waals surface area (Å²) in [6.07, 6.45) is -1.82. The van der Waals surface area contributed by atoms with Gasteiger partial charge in [0.2, 0.25) is 0 Å². The minimum absolute atomic E-state index is 0.184. The quantitative estimate of drug-likeness (QED) is 0.515. The van der Waals surface area contributed by atoms with E-state index in [1.807, 2.05) is 0 Å². The molecule has 0 saturated heterocycles. The maximum atomic E-state index is 13.5. The van der Waals surface area contributed by atoms with E-state index in [4.69, 9.17) is 28.9 Å². The Kier molecular flexibility index (Phi) is 7.87. The average Bonchev–Trinajstić information content (AvgIpc) is 2.55. The Bertz CT molecular complexity index is 779. The molecule has 0 spiro atoms. The second-order valence-electron chi connectivity index (χ2n) is 5.18. The molecule has 0 bridgehead atoms. The van der Waals surface area contributed by atoms with Crippen LogP contribution in [0.5, 0.6) is 0 Å². The van der Waals surface area contributed by atoms with Crippen LogP contribution in [0.1, 0.15) is 22.6 Å². The van der Waals surface area contributed by atoms with Crippen LogP contribution in [-0.2, 0) is 6.54 Å². The van der Waals surface area contributed by atoms with E-state index in [0.717, 1.165) is 15.2 Å². The summed E-state index contributed by atoms with van der Waals surface area (Å²) in [6.45, 7) is 0.279. The number of hydrogen-bond donors (Lipinski definition) is 1. The first-order valence-corrected chi connectivity index (χ1v) is 15.2. The van der Waals surface area contributed by atoms with Gasteiger partial charge < -0.3 is 0 Å². The SMILES string of the molecule is NCc1ccc(/C=C/C(c2ccc(Cl)c([I-]I)c2)C(F)(F)F)cc1Cl. The number of halogens is 7. The Morgan fingerprint density at radius 1 is 1.12 bits per heavy atom. The average molecular weight is 613 g/mol. The number of rotatable bonds is 5. The van der Waals surface area contributed by atoms with Crippen LogP contribution >= 0.6 is 41.8 Å². The summed E-state index contributed by atoms with van der Waals surface area (Å²) in [5, 5.41) is 0.955. The number of allylic oxidation sites excluding steroid dienone is 1. The van der Waals surface area contributed by atoms with Crippen LogP contribution in [0.4, 0.5) is 13.2 Å². The van der Waals surface area contributed by atoms with E-state index in [2.05, 4.69) is 18.6 Å². The van der Waals surface area contributed by atoms with Gasteiger partial charge in [-0.3, -0.25) is 0 Å². The van der Waals surface area contributed by atoms with Crippen LogP contribution in [0.2, 0.25) is 10.0 Å². The summed E-state index contributed by atoms with van der Waals surface area (Å²) in [7, 11) is 0. The molecule has 0 radical (unpaired) electrons. The third kappa shape index (κ3) is 5.72. The van der Waals surface area contributed by atoms with Crippen molar-refractivity contribution in [2.45, 2.75) is 18.6 Å². The second-order valence-corrected chi connectivity index (χ2v) is 10.3. The predicted molar refractivity (Wildman–Crippen MR) is 101 cm³/mol. The van der Waals surface area contributed by atoms with E-state index in [1.165, 1.54) is 18.2 Å². The minimum atomic E-state index is -4.40. The van der Waals surface area contributed by atoms with Crippen molar-refractivity contribution in [1.29, 1.82) is 0 Å². The van der Waals surface area contributed by atoms with Gasteiger partial charge in [-0.25, -0.2) is 0 Å². The Hall–Kier alpha value is -0.0300. The first-order chi connectivity index (χ1) is 11.8. The van der Waals surface area contributed by atoms with Gasteiger partial charge in [-0.1, -0.05) is 0 Å². The molecule has 0 saturated carbocycles. The molecule has 1 nitrogen and oxygen atoms in total. The molecular weight excluding hydrogens is 600 g/mol. The predicted octanol–water partition coefficient (Wildman–Crippen LogP) is 3.42. The molecule has 0 amide bonds. The van der Waals surface area contributed by atoms with Crippen molar-refractivity contribution >= 4 is 47.9 Å². The summed E-state index contributed by atoms with van der Waals surface area (Å²) in [4.78, 5) is 0. The van der Waals surface area contributed by atoms with Gasteiger partial charge in [0.05, 0.1) is 0 Å². The van der Waals surface area contributed by atoms with Crippen LogP contribution in [-0.4, -0.2) is 6.18 Å². The van der Waals surface area contributed by atoms with Crippen molar-refractivity contribution < 1.29 is 30.4 Å². The van der Waals surface area contributed by atoms with E-state index in [-0.39, 0.29) is 12.1 Å². The van der Waals surface area contributed by atoms with Crippen LogP contribution < -0.4 is 23.0 Å². The van der Waals surface area contributed by atoms with Gasteiger partial charge >= 0.3 is 175 Å². The number of nitrogens with two attached hydrogens (primary N) is 1. The van der Waals surface area contributed by atoms with Crippen molar-refractivity contribution in [2.75, 3.05) is 0 Å². The Morgan fingerprint density at radius 3 is 2.40 bits per heavy atom. The molecule has 0 heterocycles. The first kappa shape index (κ1) is 21.3. The van der Waals surface area contributed by atoms with Crippen molar-refractivity contribution in [3.8, 4) is 0 Å². The third-order valence-electron chi connectivity index (χ3n) is 3.51. The zero-order valence-corrected chi connectivity index (χ0v) is 18.5. The zero-order valence-electron chi connectivity index (χ0n) is 12.6. The van der Waals surface area contributed by atoms with Gasteiger partial charge in [0.1, 0.15) is 0 Å². The molecule has 0 aliphatic rings. The standard InChI is InChI=1S/C17H13Cl2F3I2N/c18-14-6-4-11(8-16(14)24-23)13(17(20,21)22)5-2-10-1-3-12(9-25)15(19)7-10/h1-8,13H,9,25H2/q-1/b5-2+. The molecule has 0 aliphatic heterocycles. The molecule has 2 rings (SSSR count). The first-order valence-electron chi connectivity index (χ1n) is 7.05. The van der Waals surface area contributed by atoms with Crippen molar-refractivity contribution in [2.24, 2.45) is 5.73 Å². The summed E-state index contributed by atoms with van der Waals surface area (Å²) >= 11 is 13.8. The van der Waals surface area contributed by atoms with E-state index in [0.29, 0.717) is 15.6 Å². The van der Waals surface area contributed by atoms with Crippen molar-refractivity contribution in [1.82, 2.24) is 0 Å². The fourth-order valence-electron chi connectivity index (χ4n) is 2.21. The summed E-state index contributed by atoms with van der Waals surface area (Å²) in [6, 6.07) is 9.53. The second kappa shape index (κ2) is 9.25. The van der Waals surface area contributed by atoms with Gasteiger partial charge in [-0.2, -0.15) is 0 Å². The molecule has 136 valence electrons. The molecule has 0 aromatic heterocycles. The van der Waals surface area contributed by atoms with Gasteiger partial charge in [0, 0.05) is 0 Å².